The van der Waals surface area contributed by atoms with E-state index in [9.17, 15) is 21.6 Å². The number of nitrogens with two attached hydrogens (primary N) is 1. The van der Waals surface area contributed by atoms with Gasteiger partial charge in [-0.25, -0.2) is 21.6 Å². The minimum Gasteiger partial charge on any atom is -0.330 e. The minimum absolute atomic E-state index is 0. The van der Waals surface area contributed by atoms with Crippen LogP contribution in [-0.2, 0) is 16.6 Å². The van der Waals surface area contributed by atoms with E-state index < -0.39 is 32.4 Å². The molecule has 0 aliphatic carbocycles. The van der Waals surface area contributed by atoms with Crippen molar-refractivity contribution in [3.05, 3.63) is 65.5 Å². The summed E-state index contributed by atoms with van der Waals surface area (Å²) in [5, 5.41) is 0. The summed E-state index contributed by atoms with van der Waals surface area (Å²) in [6.07, 6.45) is 0.345. The lowest BCUT2D eigenvalue weighted by atomic mass is 10.2. The van der Waals surface area contributed by atoms with Gasteiger partial charge in [0, 0.05) is 19.2 Å². The standard InChI is InChI=1S/C16H17F3N2O2S.ClH/c17-13-9-15(19)16(10-14(13)18)24(22,23)21(8-4-7-20)11-12-5-2-1-3-6-12;/h1-3,5-6,9-10H,4,7-8,11,20H2;1H. The molecule has 0 bridgehead atoms. The van der Waals surface area contributed by atoms with Crippen LogP contribution in [0.4, 0.5) is 13.2 Å². The fraction of sp³-hybridized carbons (Fsp3) is 0.250. The first-order valence-corrected chi connectivity index (χ1v) is 8.69. The van der Waals surface area contributed by atoms with Crippen LogP contribution in [0.25, 0.3) is 0 Å². The van der Waals surface area contributed by atoms with Crippen LogP contribution in [0.5, 0.6) is 0 Å². The lowest BCUT2D eigenvalue weighted by Crippen LogP contribution is -2.33. The van der Waals surface area contributed by atoms with Crippen molar-refractivity contribution >= 4 is 22.4 Å². The molecule has 0 saturated carbocycles. The summed E-state index contributed by atoms with van der Waals surface area (Å²) >= 11 is 0. The first kappa shape index (κ1) is 21.4. The molecule has 0 heterocycles. The molecular formula is C16H18ClF3N2O2S. The van der Waals surface area contributed by atoms with E-state index in [4.69, 9.17) is 5.73 Å². The molecule has 0 saturated heterocycles. The molecule has 0 radical (unpaired) electrons. The summed E-state index contributed by atoms with van der Waals surface area (Å²) in [7, 11) is -4.35. The van der Waals surface area contributed by atoms with Gasteiger partial charge >= 0.3 is 0 Å². The number of hydrogen-bond donors (Lipinski definition) is 1. The van der Waals surface area contributed by atoms with Crippen LogP contribution in [0.2, 0.25) is 0 Å². The fourth-order valence-corrected chi connectivity index (χ4v) is 3.70. The summed E-state index contributed by atoms with van der Waals surface area (Å²) in [5.41, 5.74) is 6.10. The second-order valence-corrected chi connectivity index (χ2v) is 7.07. The Labute approximate surface area is 150 Å². The third-order valence-corrected chi connectivity index (χ3v) is 5.27. The van der Waals surface area contributed by atoms with Gasteiger partial charge in [-0.05, 0) is 24.6 Å². The summed E-state index contributed by atoms with van der Waals surface area (Å²) in [4.78, 5) is -0.894. The molecule has 2 N–H and O–H groups in total. The molecule has 0 aliphatic heterocycles. The predicted octanol–water partition coefficient (Wildman–Crippen LogP) is 3.07. The number of benzene rings is 2. The highest BCUT2D eigenvalue weighted by atomic mass is 35.5. The number of sulfonamides is 1. The monoisotopic (exact) mass is 394 g/mol. The maximum Gasteiger partial charge on any atom is 0.246 e. The van der Waals surface area contributed by atoms with Crippen molar-refractivity contribution in [2.75, 3.05) is 13.1 Å². The number of hydrogen-bond acceptors (Lipinski definition) is 3. The molecule has 4 nitrogen and oxygen atoms in total. The Hall–Kier alpha value is -1.61. The van der Waals surface area contributed by atoms with Gasteiger partial charge in [-0.2, -0.15) is 4.31 Å². The van der Waals surface area contributed by atoms with Gasteiger partial charge in [0.05, 0.1) is 0 Å². The summed E-state index contributed by atoms with van der Waals surface area (Å²) in [6.45, 7) is 0.245. The van der Waals surface area contributed by atoms with E-state index in [-0.39, 0.29) is 38.1 Å². The van der Waals surface area contributed by atoms with Crippen molar-refractivity contribution in [2.45, 2.75) is 17.9 Å². The van der Waals surface area contributed by atoms with Crippen molar-refractivity contribution in [3.8, 4) is 0 Å². The maximum absolute atomic E-state index is 13.9. The maximum atomic E-state index is 13.9. The lowest BCUT2D eigenvalue weighted by molar-refractivity contribution is 0.396. The third-order valence-electron chi connectivity index (χ3n) is 3.41. The molecule has 2 rings (SSSR count). The molecule has 0 aromatic heterocycles. The van der Waals surface area contributed by atoms with Crippen LogP contribution in [0, 0.1) is 17.5 Å². The molecule has 2 aromatic rings. The van der Waals surface area contributed by atoms with E-state index in [1.807, 2.05) is 0 Å². The second-order valence-electron chi connectivity index (χ2n) is 5.16. The molecule has 0 unspecified atom stereocenters. The van der Waals surface area contributed by atoms with Crippen LogP contribution < -0.4 is 5.73 Å². The van der Waals surface area contributed by atoms with E-state index in [0.717, 1.165) is 4.31 Å². The van der Waals surface area contributed by atoms with E-state index in [0.29, 0.717) is 18.1 Å². The Morgan fingerprint density at radius 3 is 2.16 bits per heavy atom. The molecule has 0 fully saturated rings. The molecule has 25 heavy (non-hydrogen) atoms. The van der Waals surface area contributed by atoms with Crippen LogP contribution in [0.1, 0.15) is 12.0 Å². The molecule has 9 heteroatoms. The van der Waals surface area contributed by atoms with Crippen molar-refractivity contribution in [1.29, 1.82) is 0 Å². The molecule has 0 aliphatic rings. The Morgan fingerprint density at radius 2 is 1.56 bits per heavy atom. The number of rotatable bonds is 7. The zero-order valence-electron chi connectivity index (χ0n) is 13.2. The molecular weight excluding hydrogens is 377 g/mol. The Kier molecular flexibility index (Phi) is 7.88. The molecule has 2 aromatic carbocycles. The van der Waals surface area contributed by atoms with Crippen molar-refractivity contribution in [3.63, 3.8) is 0 Å². The average Bonchev–Trinajstić information content (AvgIpc) is 2.55. The lowest BCUT2D eigenvalue weighted by Gasteiger charge is -2.22. The largest absolute Gasteiger partial charge is 0.330 e. The first-order valence-electron chi connectivity index (χ1n) is 7.25. The molecule has 0 spiro atoms. The van der Waals surface area contributed by atoms with E-state index in [2.05, 4.69) is 0 Å². The fourth-order valence-electron chi connectivity index (χ4n) is 2.18. The highest BCUT2D eigenvalue weighted by molar-refractivity contribution is 7.89. The average molecular weight is 395 g/mol. The summed E-state index contributed by atoms with van der Waals surface area (Å²) in [5.74, 6) is -4.20. The Balaban J connectivity index is 0.00000312. The van der Waals surface area contributed by atoms with Gasteiger partial charge in [-0.1, -0.05) is 30.3 Å². The first-order chi connectivity index (χ1) is 11.4. The SMILES string of the molecule is Cl.NCCCN(Cc1ccccc1)S(=O)(=O)c1cc(F)c(F)cc1F. The van der Waals surface area contributed by atoms with Gasteiger partial charge in [0.15, 0.2) is 11.6 Å². The smallest absolute Gasteiger partial charge is 0.246 e. The van der Waals surface area contributed by atoms with E-state index >= 15 is 0 Å². The van der Waals surface area contributed by atoms with E-state index in [1.54, 1.807) is 30.3 Å². The van der Waals surface area contributed by atoms with Gasteiger partial charge in [-0.15, -0.1) is 12.4 Å². The molecule has 0 atom stereocenters. The minimum atomic E-state index is -4.35. The highest BCUT2D eigenvalue weighted by Gasteiger charge is 2.29. The Bertz CT molecular complexity index is 805. The van der Waals surface area contributed by atoms with Gasteiger partial charge in [-0.3, -0.25) is 0 Å². The summed E-state index contributed by atoms with van der Waals surface area (Å²) < 4.78 is 66.7. The van der Waals surface area contributed by atoms with Gasteiger partial charge in [0.2, 0.25) is 10.0 Å². The van der Waals surface area contributed by atoms with Crippen LogP contribution in [0.15, 0.2) is 47.4 Å². The highest BCUT2D eigenvalue weighted by Crippen LogP contribution is 2.24. The van der Waals surface area contributed by atoms with Gasteiger partial charge in [0.1, 0.15) is 10.7 Å². The van der Waals surface area contributed by atoms with Crippen LogP contribution in [0.3, 0.4) is 0 Å². The summed E-state index contributed by atoms with van der Waals surface area (Å²) in [6, 6.07) is 9.27. The number of nitrogens with zero attached hydrogens (tertiary/aromatic N) is 1. The van der Waals surface area contributed by atoms with Crippen molar-refractivity contribution < 1.29 is 21.6 Å². The second kappa shape index (κ2) is 9.19. The van der Waals surface area contributed by atoms with Crippen molar-refractivity contribution in [2.24, 2.45) is 5.73 Å². The van der Waals surface area contributed by atoms with Gasteiger partial charge < -0.3 is 5.73 Å². The van der Waals surface area contributed by atoms with Crippen LogP contribution in [-0.4, -0.2) is 25.8 Å². The van der Waals surface area contributed by atoms with E-state index in [1.165, 1.54) is 0 Å². The molecule has 0 amide bonds. The number of halogens is 4. The van der Waals surface area contributed by atoms with Crippen molar-refractivity contribution in [1.82, 2.24) is 4.31 Å². The molecule has 138 valence electrons. The predicted molar refractivity (Wildman–Crippen MR) is 91.3 cm³/mol. The van der Waals surface area contributed by atoms with Crippen LogP contribution >= 0.6 is 12.4 Å². The third kappa shape index (κ3) is 5.18. The topological polar surface area (TPSA) is 63.4 Å². The van der Waals surface area contributed by atoms with Gasteiger partial charge in [0.25, 0.3) is 0 Å². The zero-order chi connectivity index (χ0) is 17.7. The zero-order valence-corrected chi connectivity index (χ0v) is 14.8. The quantitative estimate of drug-likeness (QED) is 0.734. The Morgan fingerprint density at radius 1 is 0.960 bits per heavy atom. The normalized spacial score (nSPS) is 11.4.